The Morgan fingerprint density at radius 2 is 1.76 bits per heavy atom. The highest BCUT2D eigenvalue weighted by Crippen LogP contribution is 2.39. The second-order valence-electron chi connectivity index (χ2n) is 9.02. The van der Waals surface area contributed by atoms with E-state index >= 15 is 0 Å². The SMILES string of the molecule is Cc1cccc(COc2ccc(CNC(=O)CN3C(=O)N(C)C4(CCCCC4)C3=O)cc2)c1. The van der Waals surface area contributed by atoms with Crippen LogP contribution >= 0.6 is 0 Å². The number of amides is 4. The molecule has 2 aromatic rings. The molecule has 0 radical (unpaired) electrons. The molecule has 0 unspecified atom stereocenters. The number of nitrogens with one attached hydrogen (secondary N) is 1. The number of benzene rings is 2. The lowest BCUT2D eigenvalue weighted by molar-refractivity contribution is -0.137. The van der Waals surface area contributed by atoms with E-state index in [9.17, 15) is 14.4 Å². The Hall–Kier alpha value is -3.35. The first kappa shape index (κ1) is 22.8. The van der Waals surface area contributed by atoms with E-state index in [2.05, 4.69) is 24.4 Å². The van der Waals surface area contributed by atoms with E-state index < -0.39 is 5.54 Å². The Labute approximate surface area is 194 Å². The van der Waals surface area contributed by atoms with Crippen LogP contribution in [0.3, 0.4) is 0 Å². The van der Waals surface area contributed by atoms with Crippen LogP contribution in [0, 0.1) is 6.92 Å². The van der Waals surface area contributed by atoms with Crippen LogP contribution in [0.1, 0.15) is 48.8 Å². The van der Waals surface area contributed by atoms with Crippen molar-refractivity contribution in [3.05, 3.63) is 65.2 Å². The summed E-state index contributed by atoms with van der Waals surface area (Å²) in [7, 11) is 1.67. The molecule has 0 aromatic heterocycles. The smallest absolute Gasteiger partial charge is 0.327 e. The van der Waals surface area contributed by atoms with Crippen molar-refractivity contribution in [1.29, 1.82) is 0 Å². The van der Waals surface area contributed by atoms with Gasteiger partial charge in [0.1, 0.15) is 24.4 Å². The number of rotatable bonds is 7. The second kappa shape index (κ2) is 9.65. The zero-order valence-electron chi connectivity index (χ0n) is 19.3. The molecule has 1 heterocycles. The van der Waals surface area contributed by atoms with Crippen molar-refractivity contribution in [2.24, 2.45) is 0 Å². The molecule has 1 saturated heterocycles. The van der Waals surface area contributed by atoms with Crippen molar-refractivity contribution in [1.82, 2.24) is 15.1 Å². The van der Waals surface area contributed by atoms with Gasteiger partial charge in [-0.1, -0.05) is 61.2 Å². The fourth-order valence-corrected chi connectivity index (χ4v) is 4.74. The Balaban J connectivity index is 1.27. The van der Waals surface area contributed by atoms with Crippen molar-refractivity contribution in [2.45, 2.75) is 57.7 Å². The van der Waals surface area contributed by atoms with Gasteiger partial charge in [0.25, 0.3) is 5.91 Å². The molecule has 1 N–H and O–H groups in total. The van der Waals surface area contributed by atoms with Crippen LogP contribution < -0.4 is 10.1 Å². The molecule has 7 nitrogen and oxygen atoms in total. The fourth-order valence-electron chi connectivity index (χ4n) is 4.74. The van der Waals surface area contributed by atoms with E-state index in [0.29, 0.717) is 26.0 Å². The molecule has 1 aliphatic carbocycles. The molecule has 0 atom stereocenters. The van der Waals surface area contributed by atoms with Gasteiger partial charge in [-0.2, -0.15) is 0 Å². The molecule has 174 valence electrons. The summed E-state index contributed by atoms with van der Waals surface area (Å²) in [6.07, 6.45) is 4.27. The molecule has 1 aliphatic heterocycles. The summed E-state index contributed by atoms with van der Waals surface area (Å²) in [5.41, 5.74) is 2.45. The quantitative estimate of drug-likeness (QED) is 0.653. The van der Waals surface area contributed by atoms with Gasteiger partial charge in [0.15, 0.2) is 0 Å². The number of hydrogen-bond donors (Lipinski definition) is 1. The molecule has 7 heteroatoms. The van der Waals surface area contributed by atoms with Crippen molar-refractivity contribution in [2.75, 3.05) is 13.6 Å². The highest BCUT2D eigenvalue weighted by molar-refractivity contribution is 6.08. The van der Waals surface area contributed by atoms with Crippen LogP contribution in [0.15, 0.2) is 48.5 Å². The van der Waals surface area contributed by atoms with Crippen LogP contribution in [0.2, 0.25) is 0 Å². The van der Waals surface area contributed by atoms with Crippen LogP contribution in [0.25, 0.3) is 0 Å². The first-order valence-electron chi connectivity index (χ1n) is 11.5. The maximum Gasteiger partial charge on any atom is 0.327 e. The fraction of sp³-hybridized carbons (Fsp3) is 0.423. The van der Waals surface area contributed by atoms with Gasteiger partial charge < -0.3 is 15.0 Å². The van der Waals surface area contributed by atoms with Crippen LogP contribution in [-0.2, 0) is 22.7 Å². The number of carbonyl (C=O) groups is 3. The molecule has 2 aliphatic rings. The number of carbonyl (C=O) groups excluding carboxylic acids is 3. The number of imide groups is 1. The van der Waals surface area contributed by atoms with E-state index in [1.807, 2.05) is 36.4 Å². The molecular weight excluding hydrogens is 418 g/mol. The summed E-state index contributed by atoms with van der Waals surface area (Å²) in [5.74, 6) is 0.165. The highest BCUT2D eigenvalue weighted by atomic mass is 16.5. The molecule has 4 rings (SSSR count). The average Bonchev–Trinajstić information content (AvgIpc) is 2.99. The van der Waals surface area contributed by atoms with Gasteiger partial charge in [0.2, 0.25) is 5.91 Å². The number of hydrogen-bond acceptors (Lipinski definition) is 4. The Kier molecular flexibility index (Phi) is 6.67. The Bertz CT molecular complexity index is 1030. The Morgan fingerprint density at radius 1 is 1.03 bits per heavy atom. The molecule has 33 heavy (non-hydrogen) atoms. The lowest BCUT2D eigenvalue weighted by Gasteiger charge is -2.35. The van der Waals surface area contributed by atoms with Gasteiger partial charge in [0, 0.05) is 13.6 Å². The Morgan fingerprint density at radius 3 is 2.45 bits per heavy atom. The summed E-state index contributed by atoms with van der Waals surface area (Å²) < 4.78 is 5.83. The number of ether oxygens (including phenoxy) is 1. The molecule has 2 fully saturated rings. The highest BCUT2D eigenvalue weighted by Gasteiger charge is 2.55. The topological polar surface area (TPSA) is 79.0 Å². The molecule has 2 aromatic carbocycles. The zero-order valence-corrected chi connectivity index (χ0v) is 19.3. The van der Waals surface area contributed by atoms with Gasteiger partial charge in [-0.25, -0.2) is 4.79 Å². The summed E-state index contributed by atoms with van der Waals surface area (Å²) in [6.45, 7) is 2.61. The standard InChI is InChI=1S/C26H31N3O4/c1-19-7-6-8-21(15-19)18-33-22-11-9-20(10-12-22)16-27-23(30)17-29-24(31)26(28(2)25(29)32)13-4-3-5-14-26/h6-12,15H,3-5,13-14,16-18H2,1-2H3,(H,27,30). The van der Waals surface area contributed by atoms with E-state index in [-0.39, 0.29) is 24.4 Å². The van der Waals surface area contributed by atoms with Crippen molar-refractivity contribution in [3.63, 3.8) is 0 Å². The molecule has 1 saturated carbocycles. The average molecular weight is 450 g/mol. The van der Waals surface area contributed by atoms with Crippen molar-refractivity contribution < 1.29 is 19.1 Å². The molecule has 0 bridgehead atoms. The predicted molar refractivity (Wildman–Crippen MR) is 124 cm³/mol. The van der Waals surface area contributed by atoms with Crippen molar-refractivity contribution in [3.8, 4) is 5.75 Å². The number of nitrogens with zero attached hydrogens (tertiary/aromatic N) is 2. The van der Waals surface area contributed by atoms with Gasteiger partial charge in [-0.3, -0.25) is 14.5 Å². The second-order valence-corrected chi connectivity index (χ2v) is 9.02. The zero-order chi connectivity index (χ0) is 23.4. The number of likely N-dealkylation sites (N-methyl/N-ethyl adjacent to an activating group) is 1. The minimum atomic E-state index is -0.760. The van der Waals surface area contributed by atoms with Gasteiger partial charge in [-0.05, 0) is 43.0 Å². The van der Waals surface area contributed by atoms with E-state index in [0.717, 1.165) is 41.0 Å². The molecule has 1 spiro atoms. The summed E-state index contributed by atoms with van der Waals surface area (Å²) in [4.78, 5) is 40.8. The summed E-state index contributed by atoms with van der Waals surface area (Å²) >= 11 is 0. The lowest BCUT2D eigenvalue weighted by Crippen LogP contribution is -2.49. The summed E-state index contributed by atoms with van der Waals surface area (Å²) in [6, 6.07) is 15.3. The third-order valence-corrected chi connectivity index (χ3v) is 6.69. The maximum absolute atomic E-state index is 13.0. The van der Waals surface area contributed by atoms with E-state index in [1.54, 1.807) is 7.05 Å². The third-order valence-electron chi connectivity index (χ3n) is 6.69. The molecule has 4 amide bonds. The lowest BCUT2D eigenvalue weighted by atomic mass is 9.81. The predicted octanol–water partition coefficient (Wildman–Crippen LogP) is 3.79. The van der Waals surface area contributed by atoms with Gasteiger partial charge in [0.05, 0.1) is 0 Å². The van der Waals surface area contributed by atoms with Crippen LogP contribution in [0.5, 0.6) is 5.75 Å². The van der Waals surface area contributed by atoms with E-state index in [4.69, 9.17) is 4.74 Å². The minimum Gasteiger partial charge on any atom is -0.489 e. The largest absolute Gasteiger partial charge is 0.489 e. The monoisotopic (exact) mass is 449 g/mol. The van der Waals surface area contributed by atoms with Gasteiger partial charge in [-0.15, -0.1) is 0 Å². The summed E-state index contributed by atoms with van der Waals surface area (Å²) in [5, 5.41) is 2.81. The van der Waals surface area contributed by atoms with Gasteiger partial charge >= 0.3 is 6.03 Å². The molecular formula is C26H31N3O4. The van der Waals surface area contributed by atoms with Crippen LogP contribution in [-0.4, -0.2) is 46.8 Å². The normalized spacial score (nSPS) is 17.5. The number of urea groups is 1. The third kappa shape index (κ3) is 4.87. The first-order chi connectivity index (χ1) is 15.9. The van der Waals surface area contributed by atoms with Crippen molar-refractivity contribution >= 4 is 17.8 Å². The minimum absolute atomic E-state index is 0.236. The maximum atomic E-state index is 13.0. The van der Waals surface area contributed by atoms with Crippen LogP contribution in [0.4, 0.5) is 4.79 Å². The first-order valence-corrected chi connectivity index (χ1v) is 11.5. The van der Waals surface area contributed by atoms with E-state index in [1.165, 1.54) is 10.5 Å². The number of aryl methyl sites for hydroxylation is 1.